The van der Waals surface area contributed by atoms with E-state index in [1.54, 1.807) is 0 Å². The number of ether oxygens (including phenoxy) is 1. The van der Waals surface area contributed by atoms with E-state index < -0.39 is 35.4 Å². The van der Waals surface area contributed by atoms with Crippen LogP contribution in [0, 0.1) is 6.92 Å². The van der Waals surface area contributed by atoms with Crippen molar-refractivity contribution >= 4 is 33.9 Å². The summed E-state index contributed by atoms with van der Waals surface area (Å²) in [6.07, 6.45) is -2.08. The smallest absolute Gasteiger partial charge is 0.459 e. The number of fused-ring (bicyclic) bond motifs is 2. The maximum absolute atomic E-state index is 14.1. The van der Waals surface area contributed by atoms with Gasteiger partial charge in [0.2, 0.25) is 0 Å². The molecule has 0 atom stereocenters. The highest BCUT2D eigenvalue weighted by atomic mass is 32.1. The maximum Gasteiger partial charge on any atom is 0.459 e. The Morgan fingerprint density at radius 2 is 1.89 bits per heavy atom. The molecule has 0 radical (unpaired) electrons. The first-order valence-corrected chi connectivity index (χ1v) is 11.7. The van der Waals surface area contributed by atoms with E-state index in [0.29, 0.717) is 23.4 Å². The number of carbonyl (C=O) groups excluding carboxylic acids is 2. The van der Waals surface area contributed by atoms with Gasteiger partial charge in [0.15, 0.2) is 11.3 Å². The molecule has 1 amide bonds. The standard InChI is InChI=1S/C22H21F5N4O3S/c1-3-8-34-20(33)17-12-6-4-5-7-14(12)35-19(17)29-18(32)13-10-16-28-11(2)9-15(31(16)30-13)21(23,24)22(25,26)27/h9-10H,3-8H2,1-2H3,(H,29,32). The summed E-state index contributed by atoms with van der Waals surface area (Å²) in [6, 6.07) is 1.59. The highest BCUT2D eigenvalue weighted by molar-refractivity contribution is 7.17. The van der Waals surface area contributed by atoms with E-state index >= 15 is 0 Å². The average molecular weight is 516 g/mol. The fourth-order valence-electron chi connectivity index (χ4n) is 3.88. The second-order valence-corrected chi connectivity index (χ2v) is 9.26. The molecular weight excluding hydrogens is 495 g/mol. The molecule has 188 valence electrons. The van der Waals surface area contributed by atoms with Crippen LogP contribution in [0.5, 0.6) is 0 Å². The first kappa shape index (κ1) is 25.0. The molecule has 7 nitrogen and oxygen atoms in total. The van der Waals surface area contributed by atoms with E-state index in [1.165, 1.54) is 18.3 Å². The molecule has 0 saturated carbocycles. The molecule has 3 aromatic rings. The van der Waals surface area contributed by atoms with Gasteiger partial charge in [-0.2, -0.15) is 27.1 Å². The second-order valence-electron chi connectivity index (χ2n) is 8.16. The van der Waals surface area contributed by atoms with Gasteiger partial charge in [-0.25, -0.2) is 14.3 Å². The molecule has 0 aromatic carbocycles. The van der Waals surface area contributed by atoms with Gasteiger partial charge in [-0.3, -0.25) is 4.79 Å². The number of halogens is 5. The lowest BCUT2D eigenvalue weighted by molar-refractivity contribution is -0.291. The normalized spacial score (nSPS) is 14.1. The molecule has 0 bridgehead atoms. The number of rotatable bonds is 6. The minimum atomic E-state index is -5.87. The van der Waals surface area contributed by atoms with Crippen LogP contribution in [-0.2, 0) is 23.5 Å². The molecule has 0 fully saturated rings. The fourth-order valence-corrected chi connectivity index (χ4v) is 5.16. The van der Waals surface area contributed by atoms with Crippen molar-refractivity contribution in [2.45, 2.75) is 58.1 Å². The maximum atomic E-state index is 14.1. The quantitative estimate of drug-likeness (QED) is 0.348. The number of esters is 1. The number of nitrogens with one attached hydrogen (secondary N) is 1. The molecule has 3 aromatic heterocycles. The molecule has 4 rings (SSSR count). The number of hydrogen-bond donors (Lipinski definition) is 1. The van der Waals surface area contributed by atoms with Crippen LogP contribution in [-0.4, -0.2) is 39.3 Å². The predicted octanol–water partition coefficient (Wildman–Crippen LogP) is 5.45. The summed E-state index contributed by atoms with van der Waals surface area (Å²) in [7, 11) is 0. The van der Waals surface area contributed by atoms with Gasteiger partial charge in [-0.05, 0) is 50.7 Å². The lowest BCUT2D eigenvalue weighted by Crippen LogP contribution is -2.36. The summed E-state index contributed by atoms with van der Waals surface area (Å²) in [5.41, 5.74) is -1.29. The number of carbonyl (C=O) groups is 2. The van der Waals surface area contributed by atoms with E-state index in [1.807, 2.05) is 6.92 Å². The van der Waals surface area contributed by atoms with Crippen molar-refractivity contribution in [3.63, 3.8) is 0 Å². The number of amides is 1. The molecule has 3 heterocycles. The third-order valence-corrected chi connectivity index (χ3v) is 6.71. The predicted molar refractivity (Wildman–Crippen MR) is 117 cm³/mol. The molecular formula is C22H21F5N4O3S. The largest absolute Gasteiger partial charge is 0.462 e. The Kier molecular flexibility index (Phi) is 6.56. The number of aromatic nitrogens is 3. The zero-order valence-corrected chi connectivity index (χ0v) is 19.6. The Morgan fingerprint density at radius 1 is 1.17 bits per heavy atom. The van der Waals surface area contributed by atoms with Crippen LogP contribution < -0.4 is 5.32 Å². The molecule has 0 spiro atoms. The van der Waals surface area contributed by atoms with Gasteiger partial charge in [0, 0.05) is 16.6 Å². The summed E-state index contributed by atoms with van der Waals surface area (Å²) in [5.74, 6) is -6.68. The lowest BCUT2D eigenvalue weighted by Gasteiger charge is -2.20. The zero-order chi connectivity index (χ0) is 25.5. The minimum Gasteiger partial charge on any atom is -0.462 e. The van der Waals surface area contributed by atoms with Crippen molar-refractivity contribution in [3.05, 3.63) is 45.2 Å². The zero-order valence-electron chi connectivity index (χ0n) is 18.8. The van der Waals surface area contributed by atoms with Crippen LogP contribution in [0.3, 0.4) is 0 Å². The van der Waals surface area contributed by atoms with Gasteiger partial charge in [0.05, 0.1) is 12.2 Å². The van der Waals surface area contributed by atoms with Gasteiger partial charge in [-0.15, -0.1) is 11.3 Å². The topological polar surface area (TPSA) is 85.6 Å². The highest BCUT2D eigenvalue weighted by Crippen LogP contribution is 2.44. The summed E-state index contributed by atoms with van der Waals surface area (Å²) < 4.78 is 72.9. The Labute approximate surface area is 200 Å². The number of anilines is 1. The van der Waals surface area contributed by atoms with Gasteiger partial charge in [-0.1, -0.05) is 6.92 Å². The van der Waals surface area contributed by atoms with E-state index in [2.05, 4.69) is 15.4 Å². The minimum absolute atomic E-state index is 0.102. The van der Waals surface area contributed by atoms with Crippen molar-refractivity contribution in [2.75, 3.05) is 11.9 Å². The van der Waals surface area contributed by atoms with Gasteiger partial charge < -0.3 is 10.1 Å². The Balaban J connectivity index is 1.72. The van der Waals surface area contributed by atoms with Crippen molar-refractivity contribution in [1.82, 2.24) is 14.6 Å². The van der Waals surface area contributed by atoms with Crippen molar-refractivity contribution in [2.24, 2.45) is 0 Å². The third-order valence-electron chi connectivity index (χ3n) is 5.51. The molecule has 35 heavy (non-hydrogen) atoms. The molecule has 13 heteroatoms. The molecule has 1 aliphatic carbocycles. The first-order valence-electron chi connectivity index (χ1n) is 10.9. The van der Waals surface area contributed by atoms with Gasteiger partial charge in [0.25, 0.3) is 5.91 Å². The van der Waals surface area contributed by atoms with Crippen LogP contribution in [0.4, 0.5) is 27.0 Å². The van der Waals surface area contributed by atoms with Crippen LogP contribution in [0.2, 0.25) is 0 Å². The van der Waals surface area contributed by atoms with Crippen molar-refractivity contribution in [3.8, 4) is 0 Å². The van der Waals surface area contributed by atoms with E-state index in [4.69, 9.17) is 4.74 Å². The average Bonchev–Trinajstić information content (AvgIpc) is 3.37. The van der Waals surface area contributed by atoms with Gasteiger partial charge in [0.1, 0.15) is 10.7 Å². The third kappa shape index (κ3) is 4.60. The molecule has 1 aliphatic rings. The van der Waals surface area contributed by atoms with E-state index in [9.17, 15) is 31.5 Å². The second kappa shape index (κ2) is 9.17. The summed E-state index contributed by atoms with van der Waals surface area (Å²) in [5, 5.41) is 6.48. The number of hydrogen-bond acceptors (Lipinski definition) is 6. The Morgan fingerprint density at radius 3 is 2.57 bits per heavy atom. The molecule has 0 saturated heterocycles. The van der Waals surface area contributed by atoms with Crippen molar-refractivity contribution in [1.29, 1.82) is 0 Å². The van der Waals surface area contributed by atoms with E-state index in [-0.39, 0.29) is 28.5 Å². The number of alkyl halides is 5. The SMILES string of the molecule is CCCOC(=O)c1c(NC(=O)c2cc3nc(C)cc(C(F)(F)C(F)(F)F)n3n2)sc2c1CCCC2. The number of nitrogens with zero attached hydrogens (tertiary/aromatic N) is 3. The molecule has 0 aliphatic heterocycles. The van der Waals surface area contributed by atoms with Gasteiger partial charge >= 0.3 is 18.1 Å². The summed E-state index contributed by atoms with van der Waals surface area (Å²) >= 11 is 1.22. The molecule has 0 unspecified atom stereocenters. The lowest BCUT2D eigenvalue weighted by atomic mass is 9.95. The monoisotopic (exact) mass is 516 g/mol. The van der Waals surface area contributed by atoms with E-state index in [0.717, 1.165) is 35.8 Å². The number of aryl methyl sites for hydroxylation is 2. The fraction of sp³-hybridized carbons (Fsp3) is 0.455. The highest BCUT2D eigenvalue weighted by Gasteiger charge is 2.60. The summed E-state index contributed by atoms with van der Waals surface area (Å²) in [4.78, 5) is 30.5. The first-order chi connectivity index (χ1) is 16.4. The van der Waals surface area contributed by atoms with Crippen LogP contribution in [0.15, 0.2) is 12.1 Å². The summed E-state index contributed by atoms with van der Waals surface area (Å²) in [6.45, 7) is 3.30. The Bertz CT molecular complexity index is 1300. The van der Waals surface area contributed by atoms with Crippen LogP contribution >= 0.6 is 11.3 Å². The van der Waals surface area contributed by atoms with Crippen molar-refractivity contribution < 1.29 is 36.3 Å². The Hall–Kier alpha value is -3.09. The van der Waals surface area contributed by atoms with Crippen LogP contribution in [0.25, 0.3) is 5.65 Å². The molecule has 1 N–H and O–H groups in total. The number of thiophene rings is 1. The van der Waals surface area contributed by atoms with Crippen LogP contribution in [0.1, 0.15) is 68.9 Å².